The van der Waals surface area contributed by atoms with Gasteiger partial charge in [-0.1, -0.05) is 36.5 Å². The topological polar surface area (TPSA) is 19.4 Å². The van der Waals surface area contributed by atoms with Crippen molar-refractivity contribution in [2.24, 2.45) is 0 Å². The van der Waals surface area contributed by atoms with Gasteiger partial charge in [0.15, 0.2) is 0 Å². The van der Waals surface area contributed by atoms with Crippen LogP contribution in [0.4, 0.5) is 0 Å². The average molecular weight is 726 g/mol. The van der Waals surface area contributed by atoms with Crippen molar-refractivity contribution in [3.8, 4) is 0 Å². The molecule has 0 aromatic carbocycles. The van der Waals surface area contributed by atoms with Crippen LogP contribution in [0.25, 0.3) is 0 Å². The van der Waals surface area contributed by atoms with Gasteiger partial charge in [-0.25, -0.2) is 0 Å². The fourth-order valence-corrected chi connectivity index (χ4v) is 4.56. The Morgan fingerprint density at radius 2 is 0.463 bits per heavy atom. The average Bonchev–Trinajstić information content (AvgIpc) is 3.06. The fraction of sp³-hybridized carbons (Fsp3) is 0.600. The van der Waals surface area contributed by atoms with Crippen molar-refractivity contribution in [3.63, 3.8) is 0 Å². The molecule has 242 valence electrons. The summed E-state index contributed by atoms with van der Waals surface area (Å²) in [5, 5.41) is 0. The zero-order valence-electron chi connectivity index (χ0n) is 25.0. The monoisotopic (exact) mass is 722 g/mol. The number of hydrogen-bond donors (Lipinski definition) is 0. The summed E-state index contributed by atoms with van der Waals surface area (Å²) in [5.74, 6) is 0. The number of halogens is 3. The predicted octanol–water partition coefficient (Wildman–Crippen LogP) is 2.12. The van der Waals surface area contributed by atoms with Gasteiger partial charge in [0.05, 0.1) is 0 Å². The second-order valence-corrected chi connectivity index (χ2v) is 15.4. The summed E-state index contributed by atoms with van der Waals surface area (Å²) in [6, 6.07) is 0. The molecule has 0 atom stereocenters. The molecular formula is C30H57Cl3N6Ni2+6. The minimum atomic E-state index is -0.708. The Balaban J connectivity index is 0. The Hall–Kier alpha value is 0.0570. The van der Waals surface area contributed by atoms with Gasteiger partial charge in [0.25, 0.3) is 0 Å². The van der Waals surface area contributed by atoms with Gasteiger partial charge in [0, 0.05) is 118 Å². The van der Waals surface area contributed by atoms with Crippen molar-refractivity contribution in [1.82, 2.24) is 29.4 Å². The van der Waals surface area contributed by atoms with Crippen molar-refractivity contribution < 1.29 is 57.8 Å². The second-order valence-electron chi connectivity index (χ2n) is 9.69. The van der Waals surface area contributed by atoms with E-state index in [0.29, 0.717) is 0 Å². The van der Waals surface area contributed by atoms with Gasteiger partial charge >= 0.3 is 57.8 Å². The van der Waals surface area contributed by atoms with Gasteiger partial charge in [0.2, 0.25) is 0 Å². The molecule has 2 rings (SSSR count). The minimum Gasteiger partial charge on any atom is 3.00 e. The molecular weight excluding hydrogens is 668 g/mol. The quantitative estimate of drug-likeness (QED) is 0.226. The Kier molecular flexibility index (Phi) is 31.7. The van der Waals surface area contributed by atoms with Crippen LogP contribution in [0.2, 0.25) is 0 Å². The largest absolute Gasteiger partial charge is 3.00 e. The summed E-state index contributed by atoms with van der Waals surface area (Å²) in [6.07, 6.45) is 12.0. The van der Waals surface area contributed by atoms with Crippen molar-refractivity contribution in [1.29, 1.82) is 0 Å². The zero-order chi connectivity index (χ0) is 30.0. The van der Waals surface area contributed by atoms with Gasteiger partial charge in [-0.15, -0.1) is 39.5 Å². The van der Waals surface area contributed by atoms with Crippen molar-refractivity contribution in [2.75, 3.05) is 118 Å². The predicted molar refractivity (Wildman–Crippen MR) is 164 cm³/mol. The molecule has 0 aromatic heterocycles. The molecule has 0 unspecified atom stereocenters. The first kappa shape index (κ1) is 43.2. The summed E-state index contributed by atoms with van der Waals surface area (Å²) in [7, 11) is 12.2. The van der Waals surface area contributed by atoms with E-state index >= 15 is 0 Å². The molecule has 6 nitrogen and oxygen atoms in total. The molecule has 2 saturated heterocycles. The van der Waals surface area contributed by atoms with Gasteiger partial charge in [-0.2, -0.15) is 0 Å². The Morgan fingerprint density at radius 3 is 0.537 bits per heavy atom. The first-order chi connectivity index (χ1) is 19.3. The molecule has 2 heterocycles. The third-order valence-electron chi connectivity index (χ3n) is 6.72. The van der Waals surface area contributed by atoms with Crippen molar-refractivity contribution in [2.45, 2.75) is 0 Å². The van der Waals surface area contributed by atoms with Crippen LogP contribution in [0.1, 0.15) is 0 Å². The van der Waals surface area contributed by atoms with Crippen molar-refractivity contribution >= 4 is 0 Å². The van der Waals surface area contributed by atoms with Crippen LogP contribution in [0.3, 0.4) is 0 Å². The van der Waals surface area contributed by atoms with E-state index in [0.717, 1.165) is 118 Å². The van der Waals surface area contributed by atoms with Crippen LogP contribution < -0.4 is 0 Å². The standard InChI is InChI=1S/2C15H27N3.3ClH.2Ni/c2*1-4-7-16-10-12-17(8-5-2)14-15-18(9-6-3)13-11-16;;;;;/h2*4-6H,1-3,7-15H2;3*1H;;/q;;;;;2*+3. The summed E-state index contributed by atoms with van der Waals surface area (Å²) < 4.78 is 0. The van der Waals surface area contributed by atoms with Crippen LogP contribution >= 0.6 is 0 Å². The van der Waals surface area contributed by atoms with Crippen LogP contribution in [0, 0.1) is 30.6 Å². The number of nitrogens with zero attached hydrogens (tertiary/aromatic N) is 6. The fourth-order valence-electron chi connectivity index (χ4n) is 4.56. The van der Waals surface area contributed by atoms with E-state index in [4.69, 9.17) is 0 Å². The summed E-state index contributed by atoms with van der Waals surface area (Å²) in [5.41, 5.74) is 0. The molecule has 1 radical (unpaired) electrons. The molecule has 2 aliphatic rings. The zero-order valence-corrected chi connectivity index (χ0v) is 29.4. The molecule has 2 fully saturated rings. The first-order valence-corrected chi connectivity index (χ1v) is 18.4. The maximum absolute atomic E-state index is 4.29. The minimum absolute atomic E-state index is 0. The molecule has 0 amide bonds. The van der Waals surface area contributed by atoms with Crippen LogP contribution in [0.5, 0.6) is 0 Å². The van der Waals surface area contributed by atoms with Crippen LogP contribution in [-0.4, -0.2) is 147 Å². The summed E-state index contributed by atoms with van der Waals surface area (Å²) >= 11 is 0. The van der Waals surface area contributed by atoms with Gasteiger partial charge in [0.1, 0.15) is 0 Å². The Morgan fingerprint density at radius 1 is 0.366 bits per heavy atom. The maximum Gasteiger partial charge on any atom is 3.00 e. The summed E-state index contributed by atoms with van der Waals surface area (Å²) in [4.78, 5) is 14.8. The smallest absolute Gasteiger partial charge is 3.00 e. The van der Waals surface area contributed by atoms with E-state index < -0.39 is 10.7 Å². The molecule has 0 N–H and O–H groups in total. The Labute approximate surface area is 279 Å². The maximum atomic E-state index is 4.29. The molecule has 41 heavy (non-hydrogen) atoms. The van der Waals surface area contributed by atoms with Gasteiger partial charge in [-0.05, 0) is 0 Å². The number of rotatable bonds is 12. The molecule has 0 bridgehead atoms. The first-order valence-electron chi connectivity index (χ1n) is 14.0. The van der Waals surface area contributed by atoms with E-state index in [2.05, 4.69) is 99.5 Å². The summed E-state index contributed by atoms with van der Waals surface area (Å²) in [6.45, 7) is 42.3. The van der Waals surface area contributed by atoms with E-state index in [1.807, 2.05) is 36.5 Å². The van der Waals surface area contributed by atoms with Crippen LogP contribution in [0.15, 0.2) is 75.9 Å². The third-order valence-corrected chi connectivity index (χ3v) is 6.72. The van der Waals surface area contributed by atoms with E-state index in [-0.39, 0.29) is 16.5 Å². The van der Waals surface area contributed by atoms with Crippen molar-refractivity contribution in [3.05, 3.63) is 75.9 Å². The molecule has 0 saturated carbocycles. The van der Waals surface area contributed by atoms with E-state index in [9.17, 15) is 0 Å². The normalized spacial score (nSPS) is 19.2. The molecule has 2 aliphatic heterocycles. The van der Waals surface area contributed by atoms with Gasteiger partial charge < -0.3 is 0 Å². The van der Waals surface area contributed by atoms with E-state index in [1.165, 1.54) is 0 Å². The van der Waals surface area contributed by atoms with E-state index in [1.54, 1.807) is 0 Å². The molecule has 11 heteroatoms. The SMILES string of the molecule is C=CCN1CCN(CC=C)CCN(CC=C)CC1.C=CCN1CCN(CC=C)CCN(CC=C)CC1.[ClH+][Ni]([ClH+])[ClH+].[Ni+3]. The molecule has 0 aromatic rings. The molecule has 0 spiro atoms. The number of hydrogen-bond acceptors (Lipinski definition) is 6. The van der Waals surface area contributed by atoms with Gasteiger partial charge in [-0.3, -0.25) is 29.4 Å². The third kappa shape index (κ3) is 25.1. The molecule has 0 aliphatic carbocycles. The Bertz CT molecular complexity index is 535. The second kappa shape index (κ2) is 30.1. The van der Waals surface area contributed by atoms with Crippen LogP contribution in [-0.2, 0) is 27.2 Å².